The molecule has 0 aliphatic heterocycles. The minimum Gasteiger partial charge on any atom is -0.469 e. The standard InChI is InChI=1S/C24H48O3/c1-4-5-6-7-11-14-17-20-23(26-2)21-18-15-12-9-8-10-13-16-19-22-24(25)27-3/h23H,4-22H2,1-3H3/t23-/m1/s1. The number of rotatable bonds is 21. The first kappa shape index (κ1) is 26.4. The quantitative estimate of drug-likeness (QED) is 0.151. The number of methoxy groups -OCH3 is 2. The molecule has 0 aromatic rings. The van der Waals surface area contributed by atoms with E-state index >= 15 is 0 Å². The van der Waals surface area contributed by atoms with Crippen molar-refractivity contribution < 1.29 is 14.3 Å². The molecule has 27 heavy (non-hydrogen) atoms. The van der Waals surface area contributed by atoms with Crippen molar-refractivity contribution in [2.24, 2.45) is 0 Å². The van der Waals surface area contributed by atoms with E-state index in [4.69, 9.17) is 4.74 Å². The van der Waals surface area contributed by atoms with Crippen LogP contribution >= 0.6 is 0 Å². The lowest BCUT2D eigenvalue weighted by Gasteiger charge is -2.15. The maximum atomic E-state index is 11.0. The molecule has 162 valence electrons. The van der Waals surface area contributed by atoms with Gasteiger partial charge in [-0.3, -0.25) is 4.79 Å². The second-order valence-electron chi connectivity index (χ2n) is 8.06. The van der Waals surface area contributed by atoms with Crippen LogP contribution in [0.1, 0.15) is 129 Å². The van der Waals surface area contributed by atoms with Gasteiger partial charge in [0.2, 0.25) is 0 Å². The Bertz CT molecular complexity index is 304. The third kappa shape index (κ3) is 20.0. The summed E-state index contributed by atoms with van der Waals surface area (Å²) in [5.41, 5.74) is 0. The number of carbonyl (C=O) groups is 1. The third-order valence-corrected chi connectivity index (χ3v) is 5.60. The number of ether oxygens (including phenoxy) is 2. The van der Waals surface area contributed by atoms with Crippen molar-refractivity contribution in [2.45, 2.75) is 135 Å². The predicted octanol–water partition coefficient (Wildman–Crippen LogP) is 7.61. The van der Waals surface area contributed by atoms with E-state index in [1.807, 2.05) is 7.11 Å². The van der Waals surface area contributed by atoms with Crippen molar-refractivity contribution in [3.05, 3.63) is 0 Å². The maximum Gasteiger partial charge on any atom is 0.305 e. The van der Waals surface area contributed by atoms with Gasteiger partial charge >= 0.3 is 5.97 Å². The zero-order valence-electron chi connectivity index (χ0n) is 18.7. The first-order valence-corrected chi connectivity index (χ1v) is 11.8. The van der Waals surface area contributed by atoms with E-state index in [0.717, 1.165) is 12.8 Å². The van der Waals surface area contributed by atoms with Crippen LogP contribution in [0.2, 0.25) is 0 Å². The van der Waals surface area contributed by atoms with Gasteiger partial charge in [-0.15, -0.1) is 0 Å². The van der Waals surface area contributed by atoms with Crippen molar-refractivity contribution in [3.8, 4) is 0 Å². The molecule has 0 unspecified atom stereocenters. The molecule has 0 radical (unpaired) electrons. The van der Waals surface area contributed by atoms with E-state index in [1.54, 1.807) is 0 Å². The summed E-state index contributed by atoms with van der Waals surface area (Å²) in [6.45, 7) is 2.28. The van der Waals surface area contributed by atoms with Crippen LogP contribution in [0.4, 0.5) is 0 Å². The minimum atomic E-state index is -0.0728. The van der Waals surface area contributed by atoms with Gasteiger partial charge in [-0.05, 0) is 19.3 Å². The van der Waals surface area contributed by atoms with Crippen molar-refractivity contribution in [2.75, 3.05) is 14.2 Å². The topological polar surface area (TPSA) is 35.5 Å². The summed E-state index contributed by atoms with van der Waals surface area (Å²) in [7, 11) is 3.35. The van der Waals surface area contributed by atoms with Crippen LogP contribution in [-0.4, -0.2) is 26.3 Å². The lowest BCUT2D eigenvalue weighted by molar-refractivity contribution is -0.140. The first-order chi connectivity index (χ1) is 13.2. The predicted molar refractivity (Wildman–Crippen MR) is 116 cm³/mol. The average Bonchev–Trinajstić information content (AvgIpc) is 2.69. The fourth-order valence-corrected chi connectivity index (χ4v) is 3.69. The van der Waals surface area contributed by atoms with Crippen molar-refractivity contribution in [3.63, 3.8) is 0 Å². The third-order valence-electron chi connectivity index (χ3n) is 5.60. The van der Waals surface area contributed by atoms with Gasteiger partial charge in [0.05, 0.1) is 13.2 Å². The molecular weight excluding hydrogens is 336 g/mol. The molecule has 3 heteroatoms. The highest BCUT2D eigenvalue weighted by Crippen LogP contribution is 2.17. The summed E-state index contributed by atoms with van der Waals surface area (Å²) in [5.74, 6) is -0.0728. The van der Waals surface area contributed by atoms with Crippen LogP contribution < -0.4 is 0 Å². The van der Waals surface area contributed by atoms with Gasteiger partial charge < -0.3 is 9.47 Å². The Hall–Kier alpha value is -0.570. The van der Waals surface area contributed by atoms with E-state index in [2.05, 4.69) is 11.7 Å². The van der Waals surface area contributed by atoms with Crippen LogP contribution in [0.3, 0.4) is 0 Å². The van der Waals surface area contributed by atoms with E-state index in [0.29, 0.717) is 12.5 Å². The highest BCUT2D eigenvalue weighted by Gasteiger charge is 2.06. The number of unbranched alkanes of at least 4 members (excludes halogenated alkanes) is 14. The monoisotopic (exact) mass is 384 g/mol. The maximum absolute atomic E-state index is 11.0. The summed E-state index contributed by atoms with van der Waals surface area (Å²) in [4.78, 5) is 11.0. The SMILES string of the molecule is CCCCCCCCC[C@H](CCCCCCCCCCCC(=O)OC)OC. The molecule has 0 aromatic carbocycles. The summed E-state index contributed by atoms with van der Waals surface area (Å²) in [5, 5.41) is 0. The Labute approximate surface area is 170 Å². The zero-order valence-corrected chi connectivity index (χ0v) is 18.7. The van der Waals surface area contributed by atoms with Crippen LogP contribution in [-0.2, 0) is 14.3 Å². The van der Waals surface area contributed by atoms with E-state index in [-0.39, 0.29) is 5.97 Å². The van der Waals surface area contributed by atoms with Gasteiger partial charge in [0.15, 0.2) is 0 Å². The average molecular weight is 385 g/mol. The summed E-state index contributed by atoms with van der Waals surface area (Å²) >= 11 is 0. The highest BCUT2D eigenvalue weighted by atomic mass is 16.5. The van der Waals surface area contributed by atoms with E-state index in [9.17, 15) is 4.79 Å². The second-order valence-corrected chi connectivity index (χ2v) is 8.06. The molecule has 0 rings (SSSR count). The second kappa shape index (κ2) is 21.7. The molecule has 3 nitrogen and oxygen atoms in total. The van der Waals surface area contributed by atoms with Gasteiger partial charge in [-0.25, -0.2) is 0 Å². The molecule has 0 spiro atoms. The molecule has 0 aliphatic rings. The number of carbonyl (C=O) groups excluding carboxylic acids is 1. The Morgan fingerprint density at radius 3 is 1.44 bits per heavy atom. The lowest BCUT2D eigenvalue weighted by atomic mass is 10.0. The van der Waals surface area contributed by atoms with Gasteiger partial charge in [0.25, 0.3) is 0 Å². The molecule has 0 saturated carbocycles. The number of hydrogen-bond acceptors (Lipinski definition) is 3. The van der Waals surface area contributed by atoms with Crippen LogP contribution in [0.5, 0.6) is 0 Å². The zero-order chi connectivity index (χ0) is 20.0. The van der Waals surface area contributed by atoms with Gasteiger partial charge in [0.1, 0.15) is 0 Å². The van der Waals surface area contributed by atoms with E-state index < -0.39 is 0 Å². The molecule has 0 N–H and O–H groups in total. The molecule has 0 fully saturated rings. The fourth-order valence-electron chi connectivity index (χ4n) is 3.69. The van der Waals surface area contributed by atoms with Crippen molar-refractivity contribution >= 4 is 5.97 Å². The summed E-state index contributed by atoms with van der Waals surface area (Å²) in [6, 6.07) is 0. The van der Waals surface area contributed by atoms with E-state index in [1.165, 1.54) is 110 Å². The lowest BCUT2D eigenvalue weighted by Crippen LogP contribution is -2.10. The first-order valence-electron chi connectivity index (χ1n) is 11.8. The number of esters is 1. The Kier molecular flexibility index (Phi) is 21.3. The smallest absolute Gasteiger partial charge is 0.305 e. The van der Waals surface area contributed by atoms with Crippen molar-refractivity contribution in [1.82, 2.24) is 0 Å². The van der Waals surface area contributed by atoms with Gasteiger partial charge in [0, 0.05) is 13.5 Å². The molecule has 0 aliphatic carbocycles. The van der Waals surface area contributed by atoms with Crippen LogP contribution in [0.25, 0.3) is 0 Å². The molecule has 0 bridgehead atoms. The Morgan fingerprint density at radius 2 is 1.04 bits per heavy atom. The fraction of sp³-hybridized carbons (Fsp3) is 0.958. The summed E-state index contributed by atoms with van der Waals surface area (Å²) in [6.07, 6.45) is 24.6. The molecule has 0 heterocycles. The normalized spacial score (nSPS) is 12.3. The molecule has 0 saturated heterocycles. The largest absolute Gasteiger partial charge is 0.469 e. The van der Waals surface area contributed by atoms with Crippen LogP contribution in [0, 0.1) is 0 Å². The Morgan fingerprint density at radius 1 is 0.630 bits per heavy atom. The highest BCUT2D eigenvalue weighted by molar-refractivity contribution is 5.68. The number of hydrogen-bond donors (Lipinski definition) is 0. The molecule has 0 amide bonds. The van der Waals surface area contributed by atoms with Gasteiger partial charge in [-0.2, -0.15) is 0 Å². The summed E-state index contributed by atoms with van der Waals surface area (Å²) < 4.78 is 10.3. The van der Waals surface area contributed by atoms with Crippen LogP contribution in [0.15, 0.2) is 0 Å². The Balaban J connectivity index is 3.30. The molecule has 1 atom stereocenters. The molecule has 0 aromatic heterocycles. The van der Waals surface area contributed by atoms with Gasteiger partial charge in [-0.1, -0.05) is 103 Å². The minimum absolute atomic E-state index is 0.0728. The molecular formula is C24H48O3. The van der Waals surface area contributed by atoms with Crippen molar-refractivity contribution in [1.29, 1.82) is 0 Å².